The molecule has 3 heterocycles. The van der Waals surface area contributed by atoms with Crippen LogP contribution in [0.5, 0.6) is 5.75 Å². The highest BCUT2D eigenvalue weighted by Gasteiger charge is 2.34. The van der Waals surface area contributed by atoms with Crippen molar-refractivity contribution in [3.05, 3.63) is 72.0 Å². The lowest BCUT2D eigenvalue weighted by molar-refractivity contribution is -0.113. The molecule has 0 bridgehead atoms. The summed E-state index contributed by atoms with van der Waals surface area (Å²) in [6.45, 7) is 4.26. The Morgan fingerprint density at radius 1 is 1.21 bits per heavy atom. The fraction of sp³-hybridized carbons (Fsp3) is 0.200. The van der Waals surface area contributed by atoms with E-state index < -0.39 is 6.04 Å². The summed E-state index contributed by atoms with van der Waals surface area (Å²) in [5.41, 5.74) is 2.53. The minimum Gasteiger partial charge on any atom is -0.492 e. The zero-order chi connectivity index (χ0) is 19.5. The predicted octanol–water partition coefficient (Wildman–Crippen LogP) is 3.00. The van der Waals surface area contributed by atoms with E-state index in [2.05, 4.69) is 25.7 Å². The number of allylic oxidation sites excluding steroid dienone is 1. The Hall–Kier alpha value is -3.68. The van der Waals surface area contributed by atoms with Gasteiger partial charge in [0.2, 0.25) is 5.95 Å². The second-order valence-corrected chi connectivity index (χ2v) is 6.23. The minimum atomic E-state index is -0.487. The molecule has 1 atom stereocenters. The van der Waals surface area contributed by atoms with Crippen LogP contribution in [0.25, 0.3) is 0 Å². The van der Waals surface area contributed by atoms with E-state index in [9.17, 15) is 4.79 Å². The standard InChI is InChI=1S/C20H20N6O2/c1-3-28-16-10-5-4-8-14(16)25-19(27)17-13(2)24-20-22-12-23-26(20)18(17)15-9-6-7-11-21-15/h4-12,18H,3H2,1-2H3,(H,25,27)(H,22,23,24)/t18-/m1/s1. The molecule has 3 aromatic rings. The molecule has 1 amide bonds. The summed E-state index contributed by atoms with van der Waals surface area (Å²) >= 11 is 0. The van der Waals surface area contributed by atoms with Crippen LogP contribution in [0.1, 0.15) is 25.6 Å². The summed E-state index contributed by atoms with van der Waals surface area (Å²) in [5, 5.41) is 10.4. The van der Waals surface area contributed by atoms with E-state index in [-0.39, 0.29) is 5.91 Å². The first-order valence-electron chi connectivity index (χ1n) is 9.00. The average molecular weight is 376 g/mol. The number of fused-ring (bicyclic) bond motifs is 1. The number of rotatable bonds is 5. The Morgan fingerprint density at radius 2 is 2.04 bits per heavy atom. The summed E-state index contributed by atoms with van der Waals surface area (Å²) in [7, 11) is 0. The predicted molar refractivity (Wildman–Crippen MR) is 105 cm³/mol. The highest BCUT2D eigenvalue weighted by atomic mass is 16.5. The summed E-state index contributed by atoms with van der Waals surface area (Å²) in [5.74, 6) is 0.935. The van der Waals surface area contributed by atoms with Gasteiger partial charge in [0.25, 0.3) is 5.91 Å². The first-order valence-corrected chi connectivity index (χ1v) is 9.00. The van der Waals surface area contributed by atoms with Gasteiger partial charge in [-0.15, -0.1) is 0 Å². The van der Waals surface area contributed by atoms with Crippen LogP contribution in [-0.4, -0.2) is 32.3 Å². The van der Waals surface area contributed by atoms with Gasteiger partial charge in [0.15, 0.2) is 0 Å². The van der Waals surface area contributed by atoms with Crippen LogP contribution >= 0.6 is 0 Å². The third-order valence-corrected chi connectivity index (χ3v) is 4.44. The van der Waals surface area contributed by atoms with Gasteiger partial charge in [-0.25, -0.2) is 4.68 Å². The van der Waals surface area contributed by atoms with E-state index in [4.69, 9.17) is 4.74 Å². The average Bonchev–Trinajstić information content (AvgIpc) is 3.17. The van der Waals surface area contributed by atoms with Crippen molar-refractivity contribution in [1.82, 2.24) is 19.7 Å². The van der Waals surface area contributed by atoms with Crippen molar-refractivity contribution < 1.29 is 9.53 Å². The summed E-state index contributed by atoms with van der Waals surface area (Å²) in [4.78, 5) is 22.0. The molecule has 28 heavy (non-hydrogen) atoms. The van der Waals surface area contributed by atoms with Crippen molar-refractivity contribution in [3.8, 4) is 5.75 Å². The molecule has 8 nitrogen and oxygen atoms in total. The Bertz CT molecular complexity index is 1030. The van der Waals surface area contributed by atoms with Crippen molar-refractivity contribution in [2.45, 2.75) is 19.9 Å². The van der Waals surface area contributed by atoms with Crippen molar-refractivity contribution >= 4 is 17.5 Å². The number of ether oxygens (including phenoxy) is 1. The summed E-state index contributed by atoms with van der Waals surface area (Å²) in [6.07, 6.45) is 3.15. The highest BCUT2D eigenvalue weighted by Crippen LogP contribution is 2.35. The number of nitrogens with one attached hydrogen (secondary N) is 2. The van der Waals surface area contributed by atoms with Gasteiger partial charge in [-0.1, -0.05) is 18.2 Å². The number of anilines is 2. The van der Waals surface area contributed by atoms with Crippen molar-refractivity contribution in [3.63, 3.8) is 0 Å². The van der Waals surface area contributed by atoms with Gasteiger partial charge in [-0.2, -0.15) is 10.1 Å². The van der Waals surface area contributed by atoms with Crippen molar-refractivity contribution in [2.75, 3.05) is 17.2 Å². The van der Waals surface area contributed by atoms with E-state index in [0.717, 1.165) is 0 Å². The normalized spacial score (nSPS) is 15.6. The number of hydrogen-bond acceptors (Lipinski definition) is 6. The van der Waals surface area contributed by atoms with Crippen LogP contribution in [0.15, 0.2) is 66.3 Å². The largest absolute Gasteiger partial charge is 0.492 e. The zero-order valence-electron chi connectivity index (χ0n) is 15.6. The van der Waals surface area contributed by atoms with Crippen LogP contribution in [0.3, 0.4) is 0 Å². The summed E-state index contributed by atoms with van der Waals surface area (Å²) in [6, 6.07) is 12.5. The van der Waals surface area contributed by atoms with Crippen LogP contribution < -0.4 is 15.4 Å². The number of nitrogens with zero attached hydrogens (tertiary/aromatic N) is 4. The van der Waals surface area contributed by atoms with Gasteiger partial charge in [0.05, 0.1) is 23.6 Å². The molecule has 0 spiro atoms. The topological polar surface area (TPSA) is 94.0 Å². The van der Waals surface area contributed by atoms with Crippen molar-refractivity contribution in [2.24, 2.45) is 0 Å². The lowest BCUT2D eigenvalue weighted by atomic mass is 9.98. The Labute approximate surface area is 162 Å². The van der Waals surface area contributed by atoms with E-state index in [1.54, 1.807) is 10.9 Å². The third-order valence-electron chi connectivity index (χ3n) is 4.44. The third kappa shape index (κ3) is 3.20. The molecule has 2 N–H and O–H groups in total. The maximum Gasteiger partial charge on any atom is 0.256 e. The van der Waals surface area contributed by atoms with E-state index >= 15 is 0 Å². The number of carbonyl (C=O) groups excluding carboxylic acids is 1. The van der Waals surface area contributed by atoms with Crippen LogP contribution in [0.4, 0.5) is 11.6 Å². The maximum atomic E-state index is 13.3. The molecule has 2 aromatic heterocycles. The van der Waals surface area contributed by atoms with Crippen LogP contribution in [-0.2, 0) is 4.79 Å². The summed E-state index contributed by atoms with van der Waals surface area (Å²) < 4.78 is 7.29. The lowest BCUT2D eigenvalue weighted by Crippen LogP contribution is -2.32. The Kier molecular flexibility index (Phi) is 4.76. The fourth-order valence-electron chi connectivity index (χ4n) is 3.24. The molecule has 142 valence electrons. The number of benzene rings is 1. The Morgan fingerprint density at radius 3 is 2.82 bits per heavy atom. The molecular formula is C20H20N6O2. The Balaban J connectivity index is 1.73. The number of aromatic nitrogens is 4. The van der Waals surface area contributed by atoms with E-state index in [1.807, 2.05) is 56.3 Å². The molecule has 8 heteroatoms. The lowest BCUT2D eigenvalue weighted by Gasteiger charge is -2.28. The molecular weight excluding hydrogens is 356 g/mol. The first kappa shape index (κ1) is 17.7. The molecule has 0 saturated heterocycles. The van der Waals surface area contributed by atoms with Gasteiger partial charge in [0, 0.05) is 11.9 Å². The minimum absolute atomic E-state index is 0.256. The van der Waals surface area contributed by atoms with Gasteiger partial charge in [0.1, 0.15) is 18.1 Å². The molecule has 0 aliphatic carbocycles. The SMILES string of the molecule is CCOc1ccccc1NC(=O)C1=C(C)Nc2ncnn2[C@@H]1c1ccccn1. The monoisotopic (exact) mass is 376 g/mol. The second kappa shape index (κ2) is 7.51. The molecule has 1 aliphatic heterocycles. The van der Waals surface area contributed by atoms with E-state index in [1.165, 1.54) is 6.33 Å². The van der Waals surface area contributed by atoms with Crippen molar-refractivity contribution in [1.29, 1.82) is 0 Å². The fourth-order valence-corrected chi connectivity index (χ4v) is 3.24. The van der Waals surface area contributed by atoms with Crippen LogP contribution in [0, 0.1) is 0 Å². The van der Waals surface area contributed by atoms with Gasteiger partial charge in [-0.05, 0) is 38.1 Å². The highest BCUT2D eigenvalue weighted by molar-refractivity contribution is 6.06. The van der Waals surface area contributed by atoms with Gasteiger partial charge >= 0.3 is 0 Å². The number of para-hydroxylation sites is 2. The number of amides is 1. The van der Waals surface area contributed by atoms with Crippen LogP contribution in [0.2, 0.25) is 0 Å². The molecule has 0 radical (unpaired) electrons. The number of pyridine rings is 1. The smallest absolute Gasteiger partial charge is 0.256 e. The molecule has 1 aliphatic rings. The number of carbonyl (C=O) groups is 1. The first-order chi connectivity index (χ1) is 13.7. The quantitative estimate of drug-likeness (QED) is 0.711. The molecule has 1 aromatic carbocycles. The molecule has 4 rings (SSSR count). The molecule has 0 unspecified atom stereocenters. The zero-order valence-corrected chi connectivity index (χ0v) is 15.6. The number of hydrogen-bond donors (Lipinski definition) is 2. The van der Waals surface area contributed by atoms with Gasteiger partial charge < -0.3 is 15.4 Å². The molecule has 0 saturated carbocycles. The molecule has 0 fully saturated rings. The maximum absolute atomic E-state index is 13.3. The second-order valence-electron chi connectivity index (χ2n) is 6.23. The van der Waals surface area contributed by atoms with Gasteiger partial charge in [-0.3, -0.25) is 9.78 Å². The van der Waals surface area contributed by atoms with E-state index in [0.29, 0.717) is 41.0 Å².